The van der Waals surface area contributed by atoms with Crippen molar-refractivity contribution in [2.75, 3.05) is 40.3 Å². The first-order chi connectivity index (χ1) is 17.4. The van der Waals surface area contributed by atoms with Crippen molar-refractivity contribution in [3.63, 3.8) is 0 Å². The van der Waals surface area contributed by atoms with Gasteiger partial charge in [0.15, 0.2) is 0 Å². The Morgan fingerprint density at radius 3 is 2.42 bits per heavy atom. The molecule has 1 fully saturated rings. The zero-order valence-electron chi connectivity index (χ0n) is 20.9. The summed E-state index contributed by atoms with van der Waals surface area (Å²) in [5.74, 6) is -0.250. The highest BCUT2D eigenvalue weighted by atomic mass is 32.2. The lowest BCUT2D eigenvalue weighted by atomic mass is 10.1. The number of amides is 2. The fourth-order valence-electron chi connectivity index (χ4n) is 3.36. The predicted molar refractivity (Wildman–Crippen MR) is 142 cm³/mol. The van der Waals surface area contributed by atoms with Crippen LogP contribution >= 0.6 is 11.9 Å². The van der Waals surface area contributed by atoms with Crippen LogP contribution in [0.2, 0.25) is 0 Å². The summed E-state index contributed by atoms with van der Waals surface area (Å²) < 4.78 is 8.15. The fourth-order valence-corrected chi connectivity index (χ4v) is 4.47. The molecule has 1 aliphatic rings. The molecule has 0 unspecified atom stereocenters. The van der Waals surface area contributed by atoms with Gasteiger partial charge in [-0.05, 0) is 63.2 Å². The highest BCUT2D eigenvalue weighted by molar-refractivity contribution is 7.97. The van der Waals surface area contributed by atoms with Crippen molar-refractivity contribution >= 4 is 23.8 Å². The summed E-state index contributed by atoms with van der Waals surface area (Å²) in [6.07, 6.45) is 8.47. The van der Waals surface area contributed by atoms with E-state index in [9.17, 15) is 14.8 Å². The lowest BCUT2D eigenvalue weighted by Crippen LogP contribution is -2.35. The Morgan fingerprint density at radius 2 is 1.83 bits per heavy atom. The van der Waals surface area contributed by atoms with Crippen molar-refractivity contribution in [3.8, 4) is 5.75 Å². The molecule has 9 nitrogen and oxygen atoms in total. The molecule has 194 valence electrons. The Bertz CT molecular complexity index is 989. The molecule has 0 radical (unpaired) electrons. The Hall–Kier alpha value is -3.18. The molecule has 3 rings (SSSR count). The quantitative estimate of drug-likeness (QED) is 0.192. The molecule has 2 amide bonds. The van der Waals surface area contributed by atoms with E-state index in [1.807, 2.05) is 31.1 Å². The summed E-state index contributed by atoms with van der Waals surface area (Å²) in [4.78, 5) is 31.7. The number of ether oxygens (including phenoxy) is 1. The molecule has 3 N–H and O–H groups in total. The molecule has 0 spiro atoms. The van der Waals surface area contributed by atoms with Crippen LogP contribution in [0.1, 0.15) is 33.6 Å². The minimum atomic E-state index is -0.707. The largest absolute Gasteiger partial charge is 0.490 e. The fraction of sp³-hybridized carbons (Fsp3) is 0.346. The predicted octanol–water partition coefficient (Wildman–Crippen LogP) is 3.40. The highest BCUT2D eigenvalue weighted by Gasteiger charge is 2.25. The molecule has 36 heavy (non-hydrogen) atoms. The van der Waals surface area contributed by atoms with Gasteiger partial charge in [0.1, 0.15) is 11.9 Å². The third kappa shape index (κ3) is 9.46. The average Bonchev–Trinajstić information content (AvgIpc) is 2.89. The number of aromatic nitrogens is 1. The molecule has 10 heteroatoms. The van der Waals surface area contributed by atoms with Gasteiger partial charge in [-0.25, -0.2) is 9.79 Å². The first-order valence-corrected chi connectivity index (χ1v) is 12.4. The Labute approximate surface area is 217 Å². The van der Waals surface area contributed by atoms with E-state index in [2.05, 4.69) is 27.8 Å². The van der Waals surface area contributed by atoms with Crippen LogP contribution in [0, 0.1) is 0 Å². The van der Waals surface area contributed by atoms with E-state index < -0.39 is 5.91 Å². The average molecular weight is 514 g/mol. The van der Waals surface area contributed by atoms with Crippen LogP contribution in [0.15, 0.2) is 72.9 Å². The molecule has 1 aromatic heterocycles. The van der Waals surface area contributed by atoms with Crippen LogP contribution in [-0.2, 0) is 0 Å². The summed E-state index contributed by atoms with van der Waals surface area (Å²) in [5.41, 5.74) is 2.08. The number of nitrogens with zero attached hydrogens (tertiary/aromatic N) is 3. The highest BCUT2D eigenvalue weighted by Crippen LogP contribution is 2.31. The second kappa shape index (κ2) is 15.7. The number of hydroxylamine groups is 1. The van der Waals surface area contributed by atoms with Crippen molar-refractivity contribution in [2.24, 2.45) is 0 Å². The molecule has 1 aliphatic heterocycles. The molecule has 1 saturated heterocycles. The van der Waals surface area contributed by atoms with E-state index >= 15 is 0 Å². The zero-order chi connectivity index (χ0) is 26.3. The van der Waals surface area contributed by atoms with Gasteiger partial charge in [-0.2, -0.15) is 0 Å². The molecular weight excluding hydrogens is 478 g/mol. The normalized spacial score (nSPS) is 13.8. The standard InChI is InChI=1S/C22H29N5O4S.C4H6/c1-26(2)15-12-24-21(28)18-4-3-5-19(20(18)22(29)25-30)32-27-13-8-17(9-14-27)31-16-6-10-23-11-7-16;1-3-4-2/h3-7,10-11,17,30H,8-9,12-15H2,1-2H3,(H,24,28)(H,25,29);3-4H,1-2H2. The number of hydrogen-bond donors (Lipinski definition) is 3. The molecule has 0 aliphatic carbocycles. The van der Waals surface area contributed by atoms with Crippen molar-refractivity contribution in [1.82, 2.24) is 25.0 Å². The second-order valence-corrected chi connectivity index (χ2v) is 9.31. The van der Waals surface area contributed by atoms with E-state index in [0.29, 0.717) is 18.0 Å². The SMILES string of the molecule is C=CC=C.CN(C)CCNC(=O)c1cccc(SN2CCC(Oc3ccncc3)CC2)c1C(=O)NO. The lowest BCUT2D eigenvalue weighted by molar-refractivity contribution is 0.0698. The van der Waals surface area contributed by atoms with Crippen LogP contribution in [0.4, 0.5) is 0 Å². The summed E-state index contributed by atoms with van der Waals surface area (Å²) in [7, 11) is 3.83. The zero-order valence-corrected chi connectivity index (χ0v) is 21.7. The smallest absolute Gasteiger partial charge is 0.276 e. The van der Waals surface area contributed by atoms with Crippen molar-refractivity contribution in [2.45, 2.75) is 23.8 Å². The van der Waals surface area contributed by atoms with Crippen LogP contribution in [0.25, 0.3) is 0 Å². The van der Waals surface area contributed by atoms with E-state index in [-0.39, 0.29) is 23.1 Å². The first-order valence-electron chi connectivity index (χ1n) is 11.6. The van der Waals surface area contributed by atoms with Crippen LogP contribution in [0.5, 0.6) is 5.75 Å². The number of piperidine rings is 1. The number of hydrogen-bond acceptors (Lipinski definition) is 8. The Morgan fingerprint density at radius 1 is 1.17 bits per heavy atom. The molecular formula is C26H35N5O4S. The van der Waals surface area contributed by atoms with Gasteiger partial charge in [-0.1, -0.05) is 31.4 Å². The van der Waals surface area contributed by atoms with E-state index in [4.69, 9.17) is 4.74 Å². The number of carbonyl (C=O) groups excluding carboxylic acids is 2. The van der Waals surface area contributed by atoms with Gasteiger partial charge in [0.2, 0.25) is 0 Å². The van der Waals surface area contributed by atoms with Crippen LogP contribution in [0.3, 0.4) is 0 Å². The lowest BCUT2D eigenvalue weighted by Gasteiger charge is -2.31. The van der Waals surface area contributed by atoms with E-state index in [1.54, 1.807) is 48.2 Å². The number of rotatable bonds is 10. The van der Waals surface area contributed by atoms with Crippen LogP contribution < -0.4 is 15.5 Å². The molecule has 0 bridgehead atoms. The van der Waals surface area contributed by atoms with Gasteiger partial charge in [0.05, 0.1) is 11.1 Å². The minimum Gasteiger partial charge on any atom is -0.490 e. The molecule has 2 aromatic rings. The molecule has 0 atom stereocenters. The number of carbonyl (C=O) groups is 2. The van der Waals surface area contributed by atoms with Crippen LogP contribution in [-0.4, -0.2) is 77.6 Å². The minimum absolute atomic E-state index is 0.114. The maximum absolute atomic E-state index is 12.7. The van der Waals surface area contributed by atoms with Crippen molar-refractivity contribution in [1.29, 1.82) is 0 Å². The summed E-state index contributed by atoms with van der Waals surface area (Å²) in [5, 5.41) is 12.1. The Kier molecular flexibility index (Phi) is 12.7. The first kappa shape index (κ1) is 29.1. The Balaban J connectivity index is 0.00000106. The number of allylic oxidation sites excluding steroid dienone is 2. The van der Waals surface area contributed by atoms with Gasteiger partial charge in [0, 0.05) is 43.5 Å². The third-order valence-electron chi connectivity index (χ3n) is 5.19. The van der Waals surface area contributed by atoms with Gasteiger partial charge in [-0.3, -0.25) is 19.8 Å². The summed E-state index contributed by atoms with van der Waals surface area (Å²) >= 11 is 1.41. The third-order valence-corrected chi connectivity index (χ3v) is 6.35. The molecule has 1 aromatic carbocycles. The van der Waals surface area contributed by atoms with Crippen molar-refractivity contribution < 1.29 is 19.5 Å². The van der Waals surface area contributed by atoms with E-state index in [0.717, 1.165) is 31.7 Å². The monoisotopic (exact) mass is 513 g/mol. The van der Waals surface area contributed by atoms with Gasteiger partial charge < -0.3 is 15.0 Å². The van der Waals surface area contributed by atoms with Gasteiger partial charge in [0.25, 0.3) is 11.8 Å². The second-order valence-electron chi connectivity index (χ2n) is 8.17. The van der Waals surface area contributed by atoms with E-state index in [1.165, 1.54) is 11.9 Å². The number of pyridine rings is 1. The summed E-state index contributed by atoms with van der Waals surface area (Å²) in [6, 6.07) is 8.81. The molecule has 2 heterocycles. The number of likely N-dealkylation sites (N-methyl/N-ethyl adjacent to an activating group) is 1. The number of benzene rings is 1. The number of nitrogens with one attached hydrogen (secondary N) is 2. The van der Waals surface area contributed by atoms with Gasteiger partial charge in [-0.15, -0.1) is 0 Å². The summed E-state index contributed by atoms with van der Waals surface area (Å²) in [6.45, 7) is 9.38. The maximum Gasteiger partial charge on any atom is 0.276 e. The van der Waals surface area contributed by atoms with Crippen molar-refractivity contribution in [3.05, 3.63) is 79.2 Å². The van der Waals surface area contributed by atoms with Gasteiger partial charge >= 0.3 is 0 Å². The topological polar surface area (TPSA) is 107 Å². The maximum atomic E-state index is 12.7. The molecule has 0 saturated carbocycles.